The van der Waals surface area contributed by atoms with Gasteiger partial charge in [0.25, 0.3) is 0 Å². The lowest BCUT2D eigenvalue weighted by atomic mass is 9.74. The van der Waals surface area contributed by atoms with Crippen LogP contribution in [0.4, 0.5) is 0 Å². The van der Waals surface area contributed by atoms with E-state index in [4.69, 9.17) is 0 Å². The Morgan fingerprint density at radius 2 is 1.79 bits per heavy atom. The molecule has 1 fully saturated rings. The molecular formula is C16H35N3. The molecular weight excluding hydrogens is 234 g/mol. The third kappa shape index (κ3) is 5.41. The quantitative estimate of drug-likeness (QED) is 0.730. The Labute approximate surface area is 120 Å². The van der Waals surface area contributed by atoms with Crippen molar-refractivity contribution in [1.29, 1.82) is 0 Å². The number of hydrogen-bond donors (Lipinski definition) is 1. The molecule has 1 atom stereocenters. The Morgan fingerprint density at radius 1 is 1.16 bits per heavy atom. The van der Waals surface area contributed by atoms with E-state index in [1.54, 1.807) is 0 Å². The molecule has 19 heavy (non-hydrogen) atoms. The fraction of sp³-hybridized carbons (Fsp3) is 1.00. The van der Waals surface area contributed by atoms with Crippen LogP contribution in [0.5, 0.6) is 0 Å². The topological polar surface area (TPSA) is 18.5 Å². The van der Waals surface area contributed by atoms with Crippen molar-refractivity contribution < 1.29 is 0 Å². The molecule has 0 amide bonds. The molecule has 114 valence electrons. The molecule has 0 aromatic carbocycles. The standard InChI is InChI=1S/C16H35N3/c1-6-8-16(9-11-17-12-10-16)14-19(7-2)15(3)13-18(4)5/h15,17H,6-14H2,1-5H3. The molecule has 0 aromatic rings. The van der Waals surface area contributed by atoms with Gasteiger partial charge in [0.15, 0.2) is 0 Å². The van der Waals surface area contributed by atoms with Gasteiger partial charge in [-0.2, -0.15) is 0 Å². The molecule has 3 heteroatoms. The Morgan fingerprint density at radius 3 is 2.26 bits per heavy atom. The maximum Gasteiger partial charge on any atom is 0.0194 e. The Kier molecular flexibility index (Phi) is 7.33. The van der Waals surface area contributed by atoms with Gasteiger partial charge in [0, 0.05) is 19.1 Å². The normalized spacial score (nSPS) is 21.0. The fourth-order valence-electron chi connectivity index (χ4n) is 3.63. The zero-order valence-corrected chi connectivity index (χ0v) is 13.8. The molecule has 1 aliphatic heterocycles. The van der Waals surface area contributed by atoms with Gasteiger partial charge in [0.05, 0.1) is 0 Å². The first-order chi connectivity index (χ1) is 9.03. The van der Waals surface area contributed by atoms with E-state index in [0.29, 0.717) is 11.5 Å². The molecule has 1 N–H and O–H groups in total. The average molecular weight is 269 g/mol. The highest BCUT2D eigenvalue weighted by Crippen LogP contribution is 2.35. The van der Waals surface area contributed by atoms with Crippen LogP contribution in [0, 0.1) is 5.41 Å². The molecule has 0 radical (unpaired) electrons. The molecule has 0 spiro atoms. The summed E-state index contributed by atoms with van der Waals surface area (Å²) in [6.45, 7) is 13.1. The van der Waals surface area contributed by atoms with E-state index >= 15 is 0 Å². The van der Waals surface area contributed by atoms with Crippen LogP contribution < -0.4 is 5.32 Å². The number of likely N-dealkylation sites (N-methyl/N-ethyl adjacent to an activating group) is 2. The second kappa shape index (κ2) is 8.23. The third-order valence-corrected chi connectivity index (χ3v) is 4.64. The summed E-state index contributed by atoms with van der Waals surface area (Å²) in [6.07, 6.45) is 5.41. The molecule has 1 aliphatic rings. The SMILES string of the molecule is CCCC1(CN(CC)C(C)CN(C)C)CCNCC1. The Hall–Kier alpha value is -0.120. The van der Waals surface area contributed by atoms with Crippen LogP contribution in [0.15, 0.2) is 0 Å². The molecule has 3 nitrogen and oxygen atoms in total. The summed E-state index contributed by atoms with van der Waals surface area (Å²) in [5, 5.41) is 3.52. The molecule has 1 unspecified atom stereocenters. The first-order valence-electron chi connectivity index (χ1n) is 8.12. The first-order valence-corrected chi connectivity index (χ1v) is 8.12. The smallest absolute Gasteiger partial charge is 0.0194 e. The van der Waals surface area contributed by atoms with E-state index in [1.165, 1.54) is 51.9 Å². The highest BCUT2D eigenvalue weighted by Gasteiger charge is 2.33. The van der Waals surface area contributed by atoms with Gasteiger partial charge in [-0.15, -0.1) is 0 Å². The second-order valence-electron chi connectivity index (χ2n) is 6.67. The minimum Gasteiger partial charge on any atom is -0.317 e. The maximum atomic E-state index is 3.52. The number of hydrogen-bond acceptors (Lipinski definition) is 3. The van der Waals surface area contributed by atoms with Gasteiger partial charge >= 0.3 is 0 Å². The van der Waals surface area contributed by atoms with E-state index < -0.39 is 0 Å². The molecule has 1 heterocycles. The van der Waals surface area contributed by atoms with Gasteiger partial charge < -0.3 is 10.2 Å². The van der Waals surface area contributed by atoms with Crippen molar-refractivity contribution in [1.82, 2.24) is 15.1 Å². The van der Waals surface area contributed by atoms with Crippen molar-refractivity contribution in [2.45, 2.75) is 52.5 Å². The van der Waals surface area contributed by atoms with Crippen molar-refractivity contribution in [3.63, 3.8) is 0 Å². The van der Waals surface area contributed by atoms with E-state index in [9.17, 15) is 0 Å². The van der Waals surface area contributed by atoms with Gasteiger partial charge in [-0.1, -0.05) is 20.3 Å². The maximum absolute atomic E-state index is 3.52. The number of piperidine rings is 1. The monoisotopic (exact) mass is 269 g/mol. The predicted octanol–water partition coefficient (Wildman–Crippen LogP) is 2.43. The van der Waals surface area contributed by atoms with Crippen LogP contribution in [0.1, 0.15) is 46.5 Å². The van der Waals surface area contributed by atoms with E-state index in [2.05, 4.69) is 50.0 Å². The van der Waals surface area contributed by atoms with Crippen LogP contribution in [-0.4, -0.2) is 62.7 Å². The number of rotatable bonds is 8. The van der Waals surface area contributed by atoms with E-state index in [1.807, 2.05) is 0 Å². The van der Waals surface area contributed by atoms with Gasteiger partial charge in [0.1, 0.15) is 0 Å². The average Bonchev–Trinajstić information content (AvgIpc) is 2.36. The van der Waals surface area contributed by atoms with Crippen molar-refractivity contribution >= 4 is 0 Å². The van der Waals surface area contributed by atoms with Gasteiger partial charge in [-0.25, -0.2) is 0 Å². The number of nitrogens with zero attached hydrogens (tertiary/aromatic N) is 2. The van der Waals surface area contributed by atoms with Crippen LogP contribution >= 0.6 is 0 Å². The third-order valence-electron chi connectivity index (χ3n) is 4.64. The number of nitrogens with one attached hydrogen (secondary N) is 1. The van der Waals surface area contributed by atoms with E-state index in [-0.39, 0.29) is 0 Å². The van der Waals surface area contributed by atoms with Crippen LogP contribution in [0.2, 0.25) is 0 Å². The van der Waals surface area contributed by atoms with Gasteiger partial charge in [-0.3, -0.25) is 4.90 Å². The van der Waals surface area contributed by atoms with Crippen LogP contribution in [-0.2, 0) is 0 Å². The van der Waals surface area contributed by atoms with Crippen molar-refractivity contribution in [3.05, 3.63) is 0 Å². The minimum absolute atomic E-state index is 0.566. The summed E-state index contributed by atoms with van der Waals surface area (Å²) >= 11 is 0. The largest absolute Gasteiger partial charge is 0.317 e. The summed E-state index contributed by atoms with van der Waals surface area (Å²) in [5.74, 6) is 0. The zero-order valence-electron chi connectivity index (χ0n) is 13.8. The Balaban J connectivity index is 2.63. The summed E-state index contributed by atoms with van der Waals surface area (Å²) in [5.41, 5.74) is 0.566. The summed E-state index contributed by atoms with van der Waals surface area (Å²) in [7, 11) is 4.35. The zero-order chi connectivity index (χ0) is 14.3. The summed E-state index contributed by atoms with van der Waals surface area (Å²) < 4.78 is 0. The predicted molar refractivity (Wildman–Crippen MR) is 84.7 cm³/mol. The summed E-state index contributed by atoms with van der Waals surface area (Å²) in [6, 6.07) is 0.656. The molecule has 0 bridgehead atoms. The Bertz CT molecular complexity index is 229. The second-order valence-corrected chi connectivity index (χ2v) is 6.67. The molecule has 0 aromatic heterocycles. The molecule has 1 saturated heterocycles. The summed E-state index contributed by atoms with van der Waals surface area (Å²) in [4.78, 5) is 5.00. The van der Waals surface area contributed by atoms with Crippen molar-refractivity contribution in [3.8, 4) is 0 Å². The van der Waals surface area contributed by atoms with E-state index in [0.717, 1.165) is 6.54 Å². The van der Waals surface area contributed by atoms with Crippen LogP contribution in [0.3, 0.4) is 0 Å². The lowest BCUT2D eigenvalue weighted by molar-refractivity contribution is 0.0724. The molecule has 1 rings (SSSR count). The van der Waals surface area contributed by atoms with Crippen molar-refractivity contribution in [2.75, 3.05) is 46.8 Å². The molecule has 0 saturated carbocycles. The van der Waals surface area contributed by atoms with Crippen molar-refractivity contribution in [2.24, 2.45) is 5.41 Å². The van der Waals surface area contributed by atoms with Gasteiger partial charge in [0.2, 0.25) is 0 Å². The lowest BCUT2D eigenvalue weighted by Crippen LogP contribution is -2.49. The lowest BCUT2D eigenvalue weighted by Gasteiger charge is -2.43. The fourth-order valence-corrected chi connectivity index (χ4v) is 3.63. The first kappa shape index (κ1) is 16.9. The highest BCUT2D eigenvalue weighted by molar-refractivity contribution is 4.88. The van der Waals surface area contributed by atoms with Gasteiger partial charge in [-0.05, 0) is 65.3 Å². The minimum atomic E-state index is 0.566. The highest BCUT2D eigenvalue weighted by atomic mass is 15.2. The molecule has 0 aliphatic carbocycles. The van der Waals surface area contributed by atoms with Crippen LogP contribution in [0.25, 0.3) is 0 Å².